The number of likely N-dealkylation sites (N-methyl/N-ethyl adjacent to an activating group) is 1. The zero-order valence-corrected chi connectivity index (χ0v) is 14.5. The lowest BCUT2D eigenvalue weighted by atomic mass is 9.66. The van der Waals surface area contributed by atoms with Gasteiger partial charge in [-0.1, -0.05) is 54.1 Å². The van der Waals surface area contributed by atoms with Gasteiger partial charge in [0.15, 0.2) is 0 Å². The fraction of sp³-hybridized carbons (Fsp3) is 0.333. The molecule has 1 amide bonds. The van der Waals surface area contributed by atoms with E-state index < -0.39 is 0 Å². The molecule has 2 aliphatic rings. The van der Waals surface area contributed by atoms with Gasteiger partial charge in [0.1, 0.15) is 0 Å². The van der Waals surface area contributed by atoms with Crippen molar-refractivity contribution in [3.63, 3.8) is 0 Å². The summed E-state index contributed by atoms with van der Waals surface area (Å²) >= 11 is 3.58. The van der Waals surface area contributed by atoms with Crippen LogP contribution in [0.15, 0.2) is 45.9 Å². The Bertz CT molecular complexity index is 716. The molecule has 2 aliphatic carbocycles. The quantitative estimate of drug-likeness (QED) is 0.649. The van der Waals surface area contributed by atoms with E-state index in [-0.39, 0.29) is 17.4 Å². The molecule has 0 aliphatic heterocycles. The molecule has 4 heteroatoms. The van der Waals surface area contributed by atoms with Crippen LogP contribution in [0.4, 0.5) is 0 Å². The van der Waals surface area contributed by atoms with Crippen LogP contribution in [0.25, 0.3) is 5.57 Å². The van der Waals surface area contributed by atoms with E-state index >= 15 is 0 Å². The van der Waals surface area contributed by atoms with Crippen molar-refractivity contribution in [2.45, 2.75) is 25.3 Å². The number of allylic oxidation sites excluding steroid dienone is 2. The van der Waals surface area contributed by atoms with Gasteiger partial charge in [-0.05, 0) is 30.3 Å². The van der Waals surface area contributed by atoms with Gasteiger partial charge >= 0.3 is 0 Å². The Labute approximate surface area is 139 Å². The highest BCUT2D eigenvalue weighted by atomic mass is 79.9. The minimum absolute atomic E-state index is 0.00592. The van der Waals surface area contributed by atoms with Crippen molar-refractivity contribution in [1.82, 2.24) is 5.32 Å². The lowest BCUT2D eigenvalue weighted by Crippen LogP contribution is -2.34. The van der Waals surface area contributed by atoms with Gasteiger partial charge in [-0.2, -0.15) is 0 Å². The van der Waals surface area contributed by atoms with E-state index in [0.717, 1.165) is 21.3 Å². The molecule has 0 spiro atoms. The van der Waals surface area contributed by atoms with Crippen molar-refractivity contribution >= 4 is 33.6 Å². The SMILES string of the molecule is CNC1C=CC2C=C(/C1=N/C=O)c1ccc(Br)cc1C2(C)C. The first kappa shape index (κ1) is 15.4. The summed E-state index contributed by atoms with van der Waals surface area (Å²) in [5, 5.41) is 3.23. The van der Waals surface area contributed by atoms with Crippen LogP contribution < -0.4 is 5.32 Å². The maximum Gasteiger partial charge on any atom is 0.233 e. The number of carbonyl (C=O) groups excluding carboxylic acids is 1. The van der Waals surface area contributed by atoms with E-state index in [1.165, 1.54) is 5.56 Å². The van der Waals surface area contributed by atoms with E-state index in [0.29, 0.717) is 6.41 Å². The normalized spacial score (nSPS) is 27.1. The standard InChI is InChI=1S/C18H19BrN2O/c1-18(2)11-4-7-16(20-3)17(21-10-22)14(8-11)13-6-5-12(19)9-15(13)18/h4-11,16,20H,1-3H3/b21-17-. The van der Waals surface area contributed by atoms with Gasteiger partial charge in [-0.25, -0.2) is 4.99 Å². The summed E-state index contributed by atoms with van der Waals surface area (Å²) in [6.07, 6.45) is 7.21. The van der Waals surface area contributed by atoms with Crippen molar-refractivity contribution in [3.8, 4) is 0 Å². The first-order valence-electron chi connectivity index (χ1n) is 7.38. The molecule has 0 fully saturated rings. The first-order chi connectivity index (χ1) is 10.5. The zero-order chi connectivity index (χ0) is 15.9. The Morgan fingerprint density at radius 1 is 1.32 bits per heavy atom. The number of hydrogen-bond acceptors (Lipinski definition) is 2. The van der Waals surface area contributed by atoms with Gasteiger partial charge in [0.05, 0.1) is 11.8 Å². The summed E-state index contributed by atoms with van der Waals surface area (Å²) in [6.45, 7) is 4.52. The van der Waals surface area contributed by atoms with Crippen molar-refractivity contribution in [2.75, 3.05) is 7.05 Å². The molecule has 1 aromatic carbocycles. The third kappa shape index (κ3) is 2.31. The van der Waals surface area contributed by atoms with Crippen LogP contribution in [0.1, 0.15) is 25.0 Å². The third-order valence-corrected chi connectivity index (χ3v) is 5.22. The average molecular weight is 359 g/mol. The topological polar surface area (TPSA) is 41.5 Å². The van der Waals surface area contributed by atoms with E-state index in [9.17, 15) is 4.79 Å². The Morgan fingerprint density at radius 2 is 2.09 bits per heavy atom. The minimum atomic E-state index is -0.0492. The molecule has 114 valence electrons. The Kier molecular flexibility index (Phi) is 3.91. The van der Waals surface area contributed by atoms with Crippen LogP contribution >= 0.6 is 15.9 Å². The molecule has 22 heavy (non-hydrogen) atoms. The van der Waals surface area contributed by atoms with Crippen molar-refractivity contribution in [3.05, 3.63) is 52.0 Å². The molecule has 1 N–H and O–H groups in total. The molecule has 0 radical (unpaired) electrons. The Hall–Kier alpha value is -1.52. The summed E-state index contributed by atoms with van der Waals surface area (Å²) in [4.78, 5) is 15.2. The number of carbonyl (C=O) groups is 1. The second-order valence-corrected chi connectivity index (χ2v) is 7.20. The maximum absolute atomic E-state index is 11.0. The largest absolute Gasteiger partial charge is 0.309 e. The number of benzene rings is 1. The number of amides is 1. The second-order valence-electron chi connectivity index (χ2n) is 6.29. The number of aliphatic imine (C=N–C) groups is 1. The average Bonchev–Trinajstić information content (AvgIpc) is 2.65. The maximum atomic E-state index is 11.0. The highest BCUT2D eigenvalue weighted by molar-refractivity contribution is 9.10. The molecule has 3 rings (SSSR count). The van der Waals surface area contributed by atoms with E-state index in [1.54, 1.807) is 0 Å². The molecule has 3 nitrogen and oxygen atoms in total. The van der Waals surface area contributed by atoms with E-state index in [2.05, 4.69) is 70.4 Å². The van der Waals surface area contributed by atoms with Gasteiger partial charge in [0.2, 0.25) is 6.41 Å². The molecule has 2 bridgehead atoms. The summed E-state index contributed by atoms with van der Waals surface area (Å²) in [7, 11) is 1.89. The van der Waals surface area contributed by atoms with Gasteiger partial charge in [-0.3, -0.25) is 4.79 Å². The number of rotatable bonds is 2. The molecule has 1 aromatic rings. The lowest BCUT2D eigenvalue weighted by Gasteiger charge is -2.37. The van der Waals surface area contributed by atoms with Crippen LogP contribution in [0, 0.1) is 5.92 Å². The summed E-state index contributed by atoms with van der Waals surface area (Å²) < 4.78 is 1.07. The summed E-state index contributed by atoms with van der Waals surface area (Å²) in [5.74, 6) is 0.277. The minimum Gasteiger partial charge on any atom is -0.309 e. The Balaban J connectivity index is 2.29. The summed E-state index contributed by atoms with van der Waals surface area (Å²) in [5.41, 5.74) is 4.28. The van der Waals surface area contributed by atoms with Crippen LogP contribution in [-0.2, 0) is 10.2 Å². The molecule has 0 aromatic heterocycles. The Morgan fingerprint density at radius 3 is 2.77 bits per heavy atom. The number of nitrogens with zero attached hydrogens (tertiary/aromatic N) is 1. The van der Waals surface area contributed by atoms with Crippen LogP contribution in [-0.4, -0.2) is 25.2 Å². The lowest BCUT2D eigenvalue weighted by molar-refractivity contribution is -0.106. The zero-order valence-electron chi connectivity index (χ0n) is 12.9. The molecule has 0 heterocycles. The number of halogens is 1. The predicted octanol–water partition coefficient (Wildman–Crippen LogP) is 3.50. The third-order valence-electron chi connectivity index (χ3n) is 4.73. The fourth-order valence-electron chi connectivity index (χ4n) is 3.39. The van der Waals surface area contributed by atoms with Crippen LogP contribution in [0.2, 0.25) is 0 Å². The van der Waals surface area contributed by atoms with Gasteiger partial charge in [0, 0.05) is 21.4 Å². The molecule has 2 atom stereocenters. The molecule has 0 saturated heterocycles. The smallest absolute Gasteiger partial charge is 0.233 e. The highest BCUT2D eigenvalue weighted by Crippen LogP contribution is 2.46. The van der Waals surface area contributed by atoms with Gasteiger partial charge in [0.25, 0.3) is 0 Å². The number of hydrogen-bond donors (Lipinski definition) is 1. The first-order valence-corrected chi connectivity index (χ1v) is 8.18. The van der Waals surface area contributed by atoms with Gasteiger partial charge in [-0.15, -0.1) is 0 Å². The number of nitrogens with one attached hydrogen (secondary N) is 1. The van der Waals surface area contributed by atoms with Crippen molar-refractivity contribution < 1.29 is 4.79 Å². The highest BCUT2D eigenvalue weighted by Gasteiger charge is 2.38. The summed E-state index contributed by atoms with van der Waals surface area (Å²) in [6, 6.07) is 6.29. The predicted molar refractivity (Wildman–Crippen MR) is 94.1 cm³/mol. The van der Waals surface area contributed by atoms with Crippen LogP contribution in [0.3, 0.4) is 0 Å². The monoisotopic (exact) mass is 358 g/mol. The fourth-order valence-corrected chi connectivity index (χ4v) is 3.75. The molecular formula is C18H19BrN2O. The van der Waals surface area contributed by atoms with Crippen LogP contribution in [0.5, 0.6) is 0 Å². The van der Waals surface area contributed by atoms with E-state index in [1.807, 2.05) is 13.1 Å². The van der Waals surface area contributed by atoms with Gasteiger partial charge < -0.3 is 5.32 Å². The van der Waals surface area contributed by atoms with E-state index in [4.69, 9.17) is 0 Å². The molecule has 0 saturated carbocycles. The number of fused-ring (bicyclic) bond motifs is 3. The second kappa shape index (κ2) is 5.60. The van der Waals surface area contributed by atoms with Crippen molar-refractivity contribution in [1.29, 1.82) is 0 Å². The molecule has 2 unspecified atom stereocenters. The molecular weight excluding hydrogens is 340 g/mol. The van der Waals surface area contributed by atoms with Crippen molar-refractivity contribution in [2.24, 2.45) is 10.9 Å².